The molecule has 0 radical (unpaired) electrons. The van der Waals surface area contributed by atoms with Crippen molar-refractivity contribution in [3.8, 4) is 0 Å². The fourth-order valence-electron chi connectivity index (χ4n) is 9.36. The number of fused-ring (bicyclic) bond motifs is 8. The summed E-state index contributed by atoms with van der Waals surface area (Å²) in [5.41, 5.74) is -4.27. The Kier molecular flexibility index (Phi) is 5.20. The Morgan fingerprint density at radius 3 is 2.57 bits per heavy atom. The van der Waals surface area contributed by atoms with Gasteiger partial charge >= 0.3 is 0 Å². The second-order valence-corrected chi connectivity index (χ2v) is 15.9. The third-order valence-electron chi connectivity index (χ3n) is 11.0. The molecule has 10 atom stereocenters. The van der Waals surface area contributed by atoms with Gasteiger partial charge in [0.2, 0.25) is 0 Å². The molecule has 7 rings (SSSR count). The van der Waals surface area contributed by atoms with Crippen molar-refractivity contribution >= 4 is 35.2 Å². The SMILES string of the molecule is CC1(C)OC2CC3C4CCC5=CC(=O)C=CC5(C)C4(F)C(O)CC3(C)C2(C(=O)N2CC3SCSC3C2)O1. The number of aliphatic hydroxyl groups is 1. The highest BCUT2D eigenvalue weighted by Crippen LogP contribution is 2.72. The maximum absolute atomic E-state index is 17.5. The number of ether oxygens (including phenoxy) is 2. The minimum absolute atomic E-state index is 0.0481. The van der Waals surface area contributed by atoms with Crippen molar-refractivity contribution in [1.29, 1.82) is 0 Å². The first-order valence-electron chi connectivity index (χ1n) is 13.6. The lowest BCUT2D eigenvalue weighted by Gasteiger charge is -2.62. The van der Waals surface area contributed by atoms with Crippen LogP contribution in [0.2, 0.25) is 0 Å². The number of aliphatic hydroxyl groups excluding tert-OH is 1. The monoisotopic (exact) mass is 549 g/mol. The van der Waals surface area contributed by atoms with Gasteiger partial charge in [-0.2, -0.15) is 0 Å². The maximum Gasteiger partial charge on any atom is 0.258 e. The second-order valence-electron chi connectivity index (χ2n) is 13.1. The Labute approximate surface area is 226 Å². The third-order valence-corrected chi connectivity index (χ3v) is 14.1. The zero-order valence-electron chi connectivity index (χ0n) is 21.9. The number of rotatable bonds is 1. The summed E-state index contributed by atoms with van der Waals surface area (Å²) in [5, 5.41) is 13.7. The molecule has 1 N–H and O–H groups in total. The molecule has 6 fully saturated rings. The first-order chi connectivity index (χ1) is 17.4. The number of ketones is 1. The van der Waals surface area contributed by atoms with Gasteiger partial charge in [-0.3, -0.25) is 9.59 Å². The summed E-state index contributed by atoms with van der Waals surface area (Å²) in [6.07, 6.45) is 4.64. The predicted octanol–water partition coefficient (Wildman–Crippen LogP) is 3.87. The van der Waals surface area contributed by atoms with Gasteiger partial charge in [0.25, 0.3) is 5.91 Å². The predicted molar refractivity (Wildman–Crippen MR) is 141 cm³/mol. The molecule has 0 aromatic rings. The smallest absolute Gasteiger partial charge is 0.258 e. The molecule has 1 amide bonds. The average Bonchev–Trinajstić information content (AvgIpc) is 3.54. The van der Waals surface area contributed by atoms with Gasteiger partial charge in [-0.15, -0.1) is 23.5 Å². The molecule has 0 bridgehead atoms. The molecule has 4 aliphatic carbocycles. The second kappa shape index (κ2) is 7.65. The average molecular weight is 550 g/mol. The highest BCUT2D eigenvalue weighted by Gasteiger charge is 2.80. The fraction of sp³-hybridized carbons (Fsp3) is 0.786. The molecular weight excluding hydrogens is 513 g/mol. The van der Waals surface area contributed by atoms with E-state index in [-0.39, 0.29) is 24.0 Å². The van der Waals surface area contributed by atoms with Crippen LogP contribution in [0.3, 0.4) is 0 Å². The number of carbonyl (C=O) groups excluding carboxylic acids is 2. The Hall–Kier alpha value is -0.870. The van der Waals surface area contributed by atoms with E-state index in [0.717, 1.165) is 10.7 Å². The van der Waals surface area contributed by atoms with Gasteiger partial charge < -0.3 is 19.5 Å². The molecule has 0 spiro atoms. The Bertz CT molecular complexity index is 1130. The van der Waals surface area contributed by atoms with Crippen molar-refractivity contribution in [3.05, 3.63) is 23.8 Å². The van der Waals surface area contributed by atoms with Crippen molar-refractivity contribution in [3.63, 3.8) is 0 Å². The zero-order chi connectivity index (χ0) is 26.2. The van der Waals surface area contributed by atoms with Gasteiger partial charge in [0.15, 0.2) is 22.8 Å². The van der Waals surface area contributed by atoms with Crippen molar-refractivity contribution in [1.82, 2.24) is 4.90 Å². The molecule has 0 aromatic carbocycles. The van der Waals surface area contributed by atoms with Crippen LogP contribution in [-0.2, 0) is 19.1 Å². The van der Waals surface area contributed by atoms with E-state index in [1.165, 1.54) is 6.08 Å². The number of halogens is 1. The molecule has 0 aromatic heterocycles. The van der Waals surface area contributed by atoms with E-state index in [9.17, 15) is 14.7 Å². The number of allylic oxidation sites excluding steroid dienone is 4. The van der Waals surface area contributed by atoms with Crippen LogP contribution in [0.1, 0.15) is 53.4 Å². The highest BCUT2D eigenvalue weighted by molar-refractivity contribution is 8.19. The van der Waals surface area contributed by atoms with Gasteiger partial charge in [-0.05, 0) is 64.5 Å². The van der Waals surface area contributed by atoms with Crippen LogP contribution in [0, 0.1) is 22.7 Å². The van der Waals surface area contributed by atoms with Crippen molar-refractivity contribution in [2.45, 2.75) is 93.1 Å². The van der Waals surface area contributed by atoms with E-state index in [4.69, 9.17) is 9.47 Å². The Balaban J connectivity index is 1.30. The number of thioether (sulfide) groups is 2. The number of hydrogen-bond acceptors (Lipinski definition) is 7. The standard InChI is InChI=1S/C28H36FNO5S2/c1-24(2)34-22-10-18-17-6-5-15-9-16(31)7-8-25(15,3)27(17,29)21(32)11-26(18,4)28(22,35-24)23(33)30-12-19-20(13-30)37-14-36-19/h7-9,17-22,32H,5-6,10-14H2,1-4H3. The molecule has 3 aliphatic heterocycles. The molecule has 10 unspecified atom stereocenters. The summed E-state index contributed by atoms with van der Waals surface area (Å²) in [5.74, 6) is -1.78. The molecule has 9 heteroatoms. The minimum Gasteiger partial charge on any atom is -0.390 e. The fourth-order valence-corrected chi connectivity index (χ4v) is 12.7. The summed E-state index contributed by atoms with van der Waals surface area (Å²) in [7, 11) is 0. The quantitative estimate of drug-likeness (QED) is 0.532. The lowest BCUT2D eigenvalue weighted by molar-refractivity contribution is -0.248. The Morgan fingerprint density at radius 2 is 1.86 bits per heavy atom. The van der Waals surface area contributed by atoms with Crippen LogP contribution < -0.4 is 0 Å². The zero-order valence-corrected chi connectivity index (χ0v) is 23.5. The lowest BCUT2D eigenvalue weighted by Crippen LogP contribution is -2.70. The van der Waals surface area contributed by atoms with Crippen molar-refractivity contribution in [2.75, 3.05) is 18.2 Å². The summed E-state index contributed by atoms with van der Waals surface area (Å²) in [4.78, 5) is 28.7. The largest absolute Gasteiger partial charge is 0.390 e. The van der Waals surface area contributed by atoms with E-state index in [0.29, 0.717) is 42.9 Å². The van der Waals surface area contributed by atoms with Crippen LogP contribution in [0.15, 0.2) is 23.8 Å². The Morgan fingerprint density at radius 1 is 1.16 bits per heavy atom. The van der Waals surface area contributed by atoms with E-state index in [1.807, 2.05) is 56.1 Å². The highest BCUT2D eigenvalue weighted by atomic mass is 32.2. The number of alkyl halides is 1. The normalized spacial score (nSPS) is 53.3. The van der Waals surface area contributed by atoms with E-state index in [2.05, 4.69) is 0 Å². The van der Waals surface area contributed by atoms with Crippen LogP contribution in [0.25, 0.3) is 0 Å². The summed E-state index contributed by atoms with van der Waals surface area (Å²) < 4.78 is 30.7. The minimum atomic E-state index is -1.94. The first-order valence-corrected chi connectivity index (χ1v) is 15.7. The van der Waals surface area contributed by atoms with E-state index < -0.39 is 46.0 Å². The number of nitrogens with zero attached hydrogens (tertiary/aromatic N) is 1. The van der Waals surface area contributed by atoms with Crippen molar-refractivity contribution in [2.24, 2.45) is 22.7 Å². The van der Waals surface area contributed by atoms with Crippen LogP contribution in [-0.4, -0.2) is 79.6 Å². The van der Waals surface area contributed by atoms with Crippen LogP contribution >= 0.6 is 23.5 Å². The number of amides is 1. The van der Waals surface area contributed by atoms with Crippen LogP contribution in [0.4, 0.5) is 4.39 Å². The summed E-state index contributed by atoms with van der Waals surface area (Å²) in [6, 6.07) is 0. The maximum atomic E-state index is 17.5. The van der Waals surface area contributed by atoms with Gasteiger partial charge in [0.1, 0.15) is 0 Å². The van der Waals surface area contributed by atoms with Gasteiger partial charge in [0, 0.05) is 45.4 Å². The number of hydrogen-bond donors (Lipinski definition) is 1. The number of likely N-dealkylation sites (tertiary alicyclic amines) is 1. The van der Waals surface area contributed by atoms with Crippen LogP contribution in [0.5, 0.6) is 0 Å². The topological polar surface area (TPSA) is 76.1 Å². The molecular formula is C28H36FNO5S2. The summed E-state index contributed by atoms with van der Waals surface area (Å²) >= 11 is 3.84. The van der Waals surface area contributed by atoms with Gasteiger partial charge in [-0.25, -0.2) is 4.39 Å². The van der Waals surface area contributed by atoms with Crippen molar-refractivity contribution < 1.29 is 28.6 Å². The van der Waals surface area contributed by atoms with Gasteiger partial charge in [-0.1, -0.05) is 18.6 Å². The molecule has 37 heavy (non-hydrogen) atoms. The third kappa shape index (κ3) is 2.96. The number of carbonyl (C=O) groups is 2. The molecule has 3 saturated heterocycles. The van der Waals surface area contributed by atoms with Gasteiger partial charge in [0.05, 0.1) is 12.2 Å². The molecule has 3 saturated carbocycles. The van der Waals surface area contributed by atoms with E-state index >= 15 is 4.39 Å². The molecule has 202 valence electrons. The molecule has 3 heterocycles. The first kappa shape index (κ1) is 25.1. The van der Waals surface area contributed by atoms with E-state index in [1.54, 1.807) is 12.2 Å². The summed E-state index contributed by atoms with van der Waals surface area (Å²) in [6.45, 7) is 8.96. The lowest BCUT2D eigenvalue weighted by atomic mass is 9.44. The molecule has 6 nitrogen and oxygen atoms in total. The molecule has 7 aliphatic rings.